The van der Waals surface area contributed by atoms with E-state index in [4.69, 9.17) is 0 Å². The van der Waals surface area contributed by atoms with Crippen LogP contribution in [0.15, 0.2) is 47.5 Å². The minimum atomic E-state index is -0.376. The fourth-order valence-corrected chi connectivity index (χ4v) is 3.30. The zero-order chi connectivity index (χ0) is 21.8. The van der Waals surface area contributed by atoms with Gasteiger partial charge in [0.2, 0.25) is 5.96 Å². The molecule has 0 fully saturated rings. The van der Waals surface area contributed by atoms with Crippen LogP contribution in [0, 0.1) is 33.5 Å². The Bertz CT molecular complexity index is 1100. The number of nitrogens with one attached hydrogen (secondary N) is 2. The number of guanidine groups is 1. The monoisotopic (exact) mass is 407 g/mol. The van der Waals surface area contributed by atoms with Crippen molar-refractivity contribution >= 4 is 17.6 Å². The van der Waals surface area contributed by atoms with Crippen LogP contribution < -0.4 is 10.6 Å². The number of benzene rings is 2. The van der Waals surface area contributed by atoms with E-state index in [1.807, 2.05) is 52.9 Å². The second kappa shape index (κ2) is 8.90. The van der Waals surface area contributed by atoms with Gasteiger partial charge in [-0.1, -0.05) is 23.3 Å². The average molecular weight is 407 g/mol. The minimum Gasteiger partial charge on any atom is -0.326 e. The van der Waals surface area contributed by atoms with E-state index in [9.17, 15) is 9.18 Å². The Hall–Kier alpha value is -3.48. The number of nitrogens with zero attached hydrogens (tertiary/aromatic N) is 3. The van der Waals surface area contributed by atoms with Crippen LogP contribution in [-0.2, 0) is 13.6 Å². The molecule has 3 aromatic rings. The Morgan fingerprint density at radius 2 is 1.80 bits per heavy atom. The van der Waals surface area contributed by atoms with Gasteiger partial charge in [-0.15, -0.1) is 0 Å². The topological polar surface area (TPSA) is 71.3 Å². The van der Waals surface area contributed by atoms with Crippen molar-refractivity contribution in [2.24, 2.45) is 12.0 Å². The first-order valence-corrected chi connectivity index (χ1v) is 9.68. The van der Waals surface area contributed by atoms with Gasteiger partial charge in [0.05, 0.1) is 12.2 Å². The lowest BCUT2D eigenvalue weighted by Gasteiger charge is -2.13. The third kappa shape index (κ3) is 5.11. The molecule has 1 heterocycles. The highest BCUT2D eigenvalue weighted by atomic mass is 19.1. The molecule has 6 nitrogen and oxygen atoms in total. The van der Waals surface area contributed by atoms with Gasteiger partial charge in [0, 0.05) is 29.6 Å². The van der Waals surface area contributed by atoms with Crippen molar-refractivity contribution in [3.8, 4) is 0 Å². The molecule has 0 aliphatic rings. The number of amides is 1. The van der Waals surface area contributed by atoms with Crippen molar-refractivity contribution in [1.82, 2.24) is 15.1 Å². The first-order chi connectivity index (χ1) is 14.2. The van der Waals surface area contributed by atoms with Gasteiger partial charge in [0.15, 0.2) is 0 Å². The fraction of sp³-hybridized carbons (Fsp3) is 0.261. The van der Waals surface area contributed by atoms with E-state index in [0.29, 0.717) is 17.8 Å². The van der Waals surface area contributed by atoms with Crippen molar-refractivity contribution in [1.29, 1.82) is 0 Å². The van der Waals surface area contributed by atoms with Gasteiger partial charge in [0.1, 0.15) is 5.82 Å². The molecule has 1 amide bonds. The number of carbonyl (C=O) groups is 1. The smallest absolute Gasteiger partial charge is 0.257 e. The van der Waals surface area contributed by atoms with Gasteiger partial charge < -0.3 is 5.32 Å². The maximum Gasteiger partial charge on any atom is 0.257 e. The zero-order valence-corrected chi connectivity index (χ0v) is 17.9. The molecule has 3 rings (SSSR count). The Labute approximate surface area is 175 Å². The molecule has 0 bridgehead atoms. The number of carbonyl (C=O) groups excluding carboxylic acids is 1. The van der Waals surface area contributed by atoms with Crippen LogP contribution in [0.5, 0.6) is 0 Å². The number of hydrogen-bond acceptors (Lipinski definition) is 3. The molecule has 7 heteroatoms. The Morgan fingerprint density at radius 1 is 1.10 bits per heavy atom. The first kappa shape index (κ1) is 21.2. The van der Waals surface area contributed by atoms with Crippen molar-refractivity contribution < 1.29 is 9.18 Å². The van der Waals surface area contributed by atoms with Crippen LogP contribution in [0.1, 0.15) is 38.4 Å². The molecule has 0 spiro atoms. The van der Waals surface area contributed by atoms with Gasteiger partial charge >= 0.3 is 0 Å². The Balaban J connectivity index is 1.89. The van der Waals surface area contributed by atoms with Crippen LogP contribution in [-0.4, -0.2) is 21.6 Å². The van der Waals surface area contributed by atoms with Gasteiger partial charge in [-0.25, -0.2) is 9.38 Å². The third-order valence-electron chi connectivity index (χ3n) is 4.86. The quantitative estimate of drug-likeness (QED) is 0.503. The number of rotatable bonds is 4. The predicted octanol–water partition coefficient (Wildman–Crippen LogP) is 4.19. The summed E-state index contributed by atoms with van der Waals surface area (Å²) in [6.07, 6.45) is 0. The van der Waals surface area contributed by atoms with E-state index in [2.05, 4.69) is 20.7 Å². The van der Waals surface area contributed by atoms with E-state index < -0.39 is 0 Å². The van der Waals surface area contributed by atoms with Crippen LogP contribution in [0.4, 0.5) is 10.1 Å². The second-order valence-electron chi connectivity index (χ2n) is 7.40. The molecular weight excluding hydrogens is 381 g/mol. The summed E-state index contributed by atoms with van der Waals surface area (Å²) in [6, 6.07) is 11.6. The molecule has 0 aliphatic carbocycles. The average Bonchev–Trinajstić information content (AvgIpc) is 2.90. The van der Waals surface area contributed by atoms with Gasteiger partial charge in [-0.2, -0.15) is 5.10 Å². The van der Waals surface area contributed by atoms with Crippen molar-refractivity contribution in [2.75, 3.05) is 5.32 Å². The van der Waals surface area contributed by atoms with Gasteiger partial charge in [-0.05, 0) is 58.0 Å². The molecule has 0 aliphatic heterocycles. The summed E-state index contributed by atoms with van der Waals surface area (Å²) in [4.78, 5) is 17.4. The number of anilines is 1. The largest absolute Gasteiger partial charge is 0.326 e. The summed E-state index contributed by atoms with van der Waals surface area (Å²) >= 11 is 0. The Morgan fingerprint density at radius 3 is 2.40 bits per heavy atom. The third-order valence-corrected chi connectivity index (χ3v) is 4.86. The summed E-state index contributed by atoms with van der Waals surface area (Å²) in [5.74, 6) is -0.421. The normalized spacial score (nSPS) is 11.5. The van der Waals surface area contributed by atoms with E-state index in [1.165, 1.54) is 12.1 Å². The summed E-state index contributed by atoms with van der Waals surface area (Å²) in [5.41, 5.74) is 5.89. The zero-order valence-electron chi connectivity index (χ0n) is 17.9. The molecule has 156 valence electrons. The lowest BCUT2D eigenvalue weighted by atomic mass is 10.1. The SMILES string of the molecule is Cc1cc(C)cc(C(=O)NC(=NCc2c(C)nn(C)c2C)Nc2cccc(F)c2)c1. The maximum atomic E-state index is 13.6. The van der Waals surface area contributed by atoms with Crippen molar-refractivity contribution in [2.45, 2.75) is 34.2 Å². The molecule has 0 saturated carbocycles. The minimum absolute atomic E-state index is 0.243. The molecule has 2 N–H and O–H groups in total. The van der Waals surface area contributed by atoms with Crippen LogP contribution in [0.25, 0.3) is 0 Å². The molecule has 30 heavy (non-hydrogen) atoms. The highest BCUT2D eigenvalue weighted by Crippen LogP contribution is 2.14. The molecule has 1 aromatic heterocycles. The van der Waals surface area contributed by atoms with Crippen LogP contribution in [0.2, 0.25) is 0 Å². The summed E-state index contributed by atoms with van der Waals surface area (Å²) in [6.45, 7) is 8.11. The van der Waals surface area contributed by atoms with Crippen LogP contribution >= 0.6 is 0 Å². The summed E-state index contributed by atoms with van der Waals surface area (Å²) in [7, 11) is 1.88. The number of halogens is 1. The van der Waals surface area contributed by atoms with Crippen molar-refractivity contribution in [3.63, 3.8) is 0 Å². The molecule has 0 saturated heterocycles. The second-order valence-corrected chi connectivity index (χ2v) is 7.40. The number of aliphatic imine (C=N–C) groups is 1. The number of aromatic nitrogens is 2. The van der Waals surface area contributed by atoms with Gasteiger partial charge in [0.25, 0.3) is 5.91 Å². The van der Waals surface area contributed by atoms with E-state index >= 15 is 0 Å². The summed E-state index contributed by atoms with van der Waals surface area (Å²) in [5, 5.41) is 10.2. The Kier molecular flexibility index (Phi) is 6.30. The maximum absolute atomic E-state index is 13.6. The molecule has 2 aromatic carbocycles. The van der Waals surface area contributed by atoms with E-state index in [0.717, 1.165) is 28.1 Å². The number of aryl methyl sites for hydroxylation is 4. The van der Waals surface area contributed by atoms with E-state index in [1.54, 1.807) is 16.8 Å². The predicted molar refractivity (Wildman–Crippen MR) is 117 cm³/mol. The summed E-state index contributed by atoms with van der Waals surface area (Å²) < 4.78 is 15.4. The molecule has 0 radical (unpaired) electrons. The lowest BCUT2D eigenvalue weighted by molar-refractivity contribution is 0.0976. The van der Waals surface area contributed by atoms with Crippen LogP contribution in [0.3, 0.4) is 0 Å². The van der Waals surface area contributed by atoms with Gasteiger partial charge in [-0.3, -0.25) is 14.8 Å². The standard InChI is InChI=1S/C23H26FN5O/c1-14-9-15(2)11-18(10-14)22(30)27-23(26-20-8-6-7-19(24)12-20)25-13-21-16(3)28-29(5)17(21)4/h6-12H,13H2,1-5H3,(H2,25,26,27,30). The van der Waals surface area contributed by atoms with E-state index in [-0.39, 0.29) is 17.7 Å². The fourth-order valence-electron chi connectivity index (χ4n) is 3.30. The van der Waals surface area contributed by atoms with Crippen molar-refractivity contribution in [3.05, 3.63) is 81.9 Å². The molecule has 0 unspecified atom stereocenters. The first-order valence-electron chi connectivity index (χ1n) is 9.68. The molecule has 0 atom stereocenters. The highest BCUT2D eigenvalue weighted by molar-refractivity contribution is 6.10. The number of hydrogen-bond donors (Lipinski definition) is 2. The lowest BCUT2D eigenvalue weighted by Crippen LogP contribution is -2.36. The molecular formula is C23H26FN5O. The highest BCUT2D eigenvalue weighted by Gasteiger charge is 2.13.